The Morgan fingerprint density at radius 1 is 0.769 bits per heavy atom. The molecule has 0 saturated carbocycles. The van der Waals surface area contributed by atoms with Gasteiger partial charge in [0.2, 0.25) is 5.91 Å². The third-order valence-corrected chi connectivity index (χ3v) is 7.20. The number of hydrogen-bond donors (Lipinski definition) is 1. The Morgan fingerprint density at radius 2 is 1.31 bits per heavy atom. The van der Waals surface area contributed by atoms with Gasteiger partial charge in [-0.05, 0) is 54.4 Å². The van der Waals surface area contributed by atoms with Crippen LogP contribution in [0.2, 0.25) is 10.0 Å². The Kier molecular flexibility index (Phi) is 17.3. The van der Waals surface area contributed by atoms with Crippen LogP contribution in [0, 0.1) is 0 Å². The molecule has 2 aromatic rings. The third kappa shape index (κ3) is 15.1. The molecule has 39 heavy (non-hydrogen) atoms. The first-order chi connectivity index (χ1) is 19.0. The molecule has 2 rings (SSSR count). The summed E-state index contributed by atoms with van der Waals surface area (Å²) in [6.45, 7) is 2.27. The van der Waals surface area contributed by atoms with Crippen molar-refractivity contribution in [2.45, 2.75) is 110 Å². The van der Waals surface area contributed by atoms with Gasteiger partial charge < -0.3 is 4.74 Å². The highest BCUT2D eigenvalue weighted by Crippen LogP contribution is 2.23. The van der Waals surface area contributed by atoms with Crippen molar-refractivity contribution in [2.24, 2.45) is 5.10 Å². The van der Waals surface area contributed by atoms with Crippen molar-refractivity contribution in [3.8, 4) is 5.75 Å². The summed E-state index contributed by atoms with van der Waals surface area (Å²) in [4.78, 5) is 24.3. The SMILES string of the molecule is CCCCCCCCCCCCCCCCCC(=O)NN=Cc1ccc(OC(=O)c2ccc(Cl)cc2Cl)cc1. The van der Waals surface area contributed by atoms with Gasteiger partial charge in [0.25, 0.3) is 0 Å². The molecule has 0 atom stereocenters. The second-order valence-electron chi connectivity index (χ2n) is 10.1. The van der Waals surface area contributed by atoms with Gasteiger partial charge in [0.15, 0.2) is 0 Å². The summed E-state index contributed by atoms with van der Waals surface area (Å²) >= 11 is 11.9. The van der Waals surface area contributed by atoms with E-state index in [2.05, 4.69) is 17.5 Å². The molecule has 0 unspecified atom stereocenters. The predicted molar refractivity (Wildman–Crippen MR) is 163 cm³/mol. The van der Waals surface area contributed by atoms with Crippen LogP contribution in [0.1, 0.15) is 126 Å². The molecule has 0 bridgehead atoms. The molecule has 0 aliphatic carbocycles. The van der Waals surface area contributed by atoms with E-state index in [4.69, 9.17) is 27.9 Å². The van der Waals surface area contributed by atoms with Crippen LogP contribution in [0.15, 0.2) is 47.6 Å². The summed E-state index contributed by atoms with van der Waals surface area (Å²) in [5.74, 6) is -0.268. The number of amides is 1. The number of hydrogen-bond acceptors (Lipinski definition) is 4. The maximum Gasteiger partial charge on any atom is 0.345 e. The smallest absolute Gasteiger partial charge is 0.345 e. The van der Waals surface area contributed by atoms with Gasteiger partial charge in [-0.25, -0.2) is 10.2 Å². The maximum atomic E-state index is 12.3. The zero-order valence-corrected chi connectivity index (χ0v) is 24.9. The van der Waals surface area contributed by atoms with Crippen LogP contribution < -0.4 is 10.2 Å². The lowest BCUT2D eigenvalue weighted by molar-refractivity contribution is -0.121. The first kappa shape index (κ1) is 32.8. The van der Waals surface area contributed by atoms with Crippen molar-refractivity contribution < 1.29 is 14.3 Å². The van der Waals surface area contributed by atoms with Crippen molar-refractivity contribution in [3.63, 3.8) is 0 Å². The Morgan fingerprint density at radius 3 is 1.85 bits per heavy atom. The highest BCUT2D eigenvalue weighted by Gasteiger charge is 2.13. The number of ether oxygens (including phenoxy) is 1. The lowest BCUT2D eigenvalue weighted by Gasteiger charge is -2.06. The Labute approximate surface area is 244 Å². The molecule has 5 nitrogen and oxygen atoms in total. The molecule has 7 heteroatoms. The number of nitrogens with one attached hydrogen (secondary N) is 1. The monoisotopic (exact) mass is 574 g/mol. The van der Waals surface area contributed by atoms with E-state index in [9.17, 15) is 9.59 Å². The van der Waals surface area contributed by atoms with E-state index in [1.54, 1.807) is 36.5 Å². The van der Waals surface area contributed by atoms with Crippen molar-refractivity contribution >= 4 is 41.3 Å². The zero-order valence-electron chi connectivity index (χ0n) is 23.4. The maximum absolute atomic E-state index is 12.3. The first-order valence-corrected chi connectivity index (χ1v) is 15.3. The molecule has 0 heterocycles. The lowest BCUT2D eigenvalue weighted by Crippen LogP contribution is -2.16. The van der Waals surface area contributed by atoms with E-state index >= 15 is 0 Å². The van der Waals surface area contributed by atoms with Crippen molar-refractivity contribution in [3.05, 3.63) is 63.6 Å². The summed E-state index contributed by atoms with van der Waals surface area (Å²) in [5.41, 5.74) is 3.59. The van der Waals surface area contributed by atoms with Gasteiger partial charge in [-0.2, -0.15) is 5.10 Å². The van der Waals surface area contributed by atoms with Crippen LogP contribution >= 0.6 is 23.2 Å². The molecule has 1 N–H and O–H groups in total. The summed E-state index contributed by atoms with van der Waals surface area (Å²) in [5, 5.41) is 4.70. The van der Waals surface area contributed by atoms with Crippen molar-refractivity contribution in [1.29, 1.82) is 0 Å². The average molecular weight is 576 g/mol. The van der Waals surface area contributed by atoms with E-state index in [0.717, 1.165) is 18.4 Å². The standard InChI is InChI=1S/C32H44Cl2N2O3/c1-2-3-4-5-6-7-8-9-10-11-12-13-14-15-16-17-31(37)36-35-25-26-18-21-28(22-19-26)39-32(38)29-23-20-27(33)24-30(29)34/h18-25H,2-17H2,1H3,(H,36,37). The number of carbonyl (C=O) groups excluding carboxylic acids is 2. The molecule has 0 fully saturated rings. The molecule has 0 aliphatic heterocycles. The second-order valence-corrected chi connectivity index (χ2v) is 10.9. The van der Waals surface area contributed by atoms with E-state index < -0.39 is 5.97 Å². The molecule has 1 amide bonds. The number of nitrogens with zero attached hydrogens (tertiary/aromatic N) is 1. The Bertz CT molecular complexity index is 1010. The predicted octanol–water partition coefficient (Wildman–Crippen LogP) is 9.92. The molecular formula is C32H44Cl2N2O3. The van der Waals surface area contributed by atoms with Gasteiger partial charge >= 0.3 is 5.97 Å². The van der Waals surface area contributed by atoms with E-state index in [-0.39, 0.29) is 16.5 Å². The summed E-state index contributed by atoms with van der Waals surface area (Å²) in [6, 6.07) is 11.4. The van der Waals surface area contributed by atoms with Gasteiger partial charge in [-0.3, -0.25) is 4.79 Å². The fraction of sp³-hybridized carbons (Fsp3) is 0.531. The number of hydrazone groups is 1. The van der Waals surface area contributed by atoms with Gasteiger partial charge in [0.05, 0.1) is 16.8 Å². The Balaban J connectivity index is 1.48. The fourth-order valence-corrected chi connectivity index (χ4v) is 4.82. The van der Waals surface area contributed by atoms with E-state index in [1.807, 2.05) is 0 Å². The van der Waals surface area contributed by atoms with Crippen molar-refractivity contribution in [2.75, 3.05) is 0 Å². The summed E-state index contributed by atoms with van der Waals surface area (Å²) in [6.07, 6.45) is 21.6. The fourth-order valence-electron chi connectivity index (χ4n) is 4.33. The number of halogens is 2. The minimum Gasteiger partial charge on any atom is -0.423 e. The normalized spacial score (nSPS) is 11.2. The zero-order chi connectivity index (χ0) is 28.1. The first-order valence-electron chi connectivity index (χ1n) is 14.6. The van der Waals surface area contributed by atoms with Gasteiger partial charge in [0.1, 0.15) is 5.75 Å². The topological polar surface area (TPSA) is 67.8 Å². The highest BCUT2D eigenvalue weighted by atomic mass is 35.5. The van der Waals surface area contributed by atoms with Crippen LogP contribution in [0.4, 0.5) is 0 Å². The van der Waals surface area contributed by atoms with E-state index in [0.29, 0.717) is 17.2 Å². The Hall–Kier alpha value is -2.37. The third-order valence-electron chi connectivity index (χ3n) is 6.65. The molecule has 0 radical (unpaired) electrons. The number of carbonyl (C=O) groups is 2. The molecule has 214 valence electrons. The quantitative estimate of drug-likeness (QED) is 0.0562. The van der Waals surface area contributed by atoms with Gasteiger partial charge in [0, 0.05) is 11.4 Å². The van der Waals surface area contributed by atoms with Crippen molar-refractivity contribution in [1.82, 2.24) is 5.43 Å². The largest absolute Gasteiger partial charge is 0.423 e. The number of rotatable bonds is 20. The van der Waals surface area contributed by atoms with Crippen LogP contribution in [0.5, 0.6) is 5.75 Å². The van der Waals surface area contributed by atoms with Crippen LogP contribution in [0.25, 0.3) is 0 Å². The molecule has 2 aromatic carbocycles. The highest BCUT2D eigenvalue weighted by molar-refractivity contribution is 6.36. The number of benzene rings is 2. The van der Waals surface area contributed by atoms with Crippen LogP contribution in [-0.4, -0.2) is 18.1 Å². The second kappa shape index (κ2) is 20.5. The summed E-state index contributed by atoms with van der Waals surface area (Å²) in [7, 11) is 0. The van der Waals surface area contributed by atoms with E-state index in [1.165, 1.54) is 95.6 Å². The molecular weight excluding hydrogens is 531 g/mol. The molecule has 0 aromatic heterocycles. The molecule has 0 aliphatic rings. The van der Waals surface area contributed by atoms with Gasteiger partial charge in [-0.1, -0.05) is 120 Å². The minimum atomic E-state index is -0.566. The average Bonchev–Trinajstić information content (AvgIpc) is 2.91. The minimum absolute atomic E-state index is 0.0775. The molecule has 0 saturated heterocycles. The lowest BCUT2D eigenvalue weighted by atomic mass is 10.0. The van der Waals surface area contributed by atoms with Gasteiger partial charge in [-0.15, -0.1) is 0 Å². The van der Waals surface area contributed by atoms with Crippen LogP contribution in [-0.2, 0) is 4.79 Å². The number of esters is 1. The molecule has 0 spiro atoms. The van der Waals surface area contributed by atoms with Crippen LogP contribution in [0.3, 0.4) is 0 Å². The number of unbranched alkanes of at least 4 members (excludes halogenated alkanes) is 14. The summed E-state index contributed by atoms with van der Waals surface area (Å²) < 4.78 is 5.36.